The van der Waals surface area contributed by atoms with Crippen molar-refractivity contribution >= 4 is 23.5 Å². The third-order valence-corrected chi connectivity index (χ3v) is 7.06. The summed E-state index contributed by atoms with van der Waals surface area (Å²) in [5.74, 6) is -0.121. The molecule has 3 N–H and O–H groups in total. The Labute approximate surface area is 201 Å². The third-order valence-electron chi connectivity index (χ3n) is 7.06. The van der Waals surface area contributed by atoms with Crippen LogP contribution in [0.15, 0.2) is 59.5 Å². The lowest BCUT2D eigenvalue weighted by Crippen LogP contribution is -2.47. The second-order valence-corrected chi connectivity index (χ2v) is 9.72. The standard InChI is InChI=1S/C26H25N5O4/c32-22(27-20-9-8-18-11-26(12-19(18)10-20)23(33)28-24(34)29-26)15-30-14-21(17-4-2-1-3-5-17)31(25(30)35)13-16-6-7-16/h1-5,8-10,14,16H,6-7,11-13,15H2,(H,27,32)(H2,28,29,33,34). The molecule has 2 fully saturated rings. The normalized spacial score (nSPS) is 20.6. The highest BCUT2D eigenvalue weighted by molar-refractivity contribution is 6.08. The number of nitrogens with one attached hydrogen (secondary N) is 3. The Morgan fingerprint density at radius 1 is 1.03 bits per heavy atom. The molecule has 1 unspecified atom stereocenters. The number of anilines is 1. The van der Waals surface area contributed by atoms with E-state index in [0.29, 0.717) is 31.0 Å². The van der Waals surface area contributed by atoms with Crippen molar-refractivity contribution in [3.05, 3.63) is 76.3 Å². The SMILES string of the molecule is O=C(Cn1cc(-c2ccccc2)n(CC2CC2)c1=O)Nc1ccc2c(c1)CC1(C2)NC(=O)NC1=O. The van der Waals surface area contributed by atoms with Gasteiger partial charge in [0.05, 0.1) is 5.69 Å². The Kier molecular flexibility index (Phi) is 4.87. The molecule has 0 bridgehead atoms. The van der Waals surface area contributed by atoms with E-state index in [1.54, 1.807) is 16.8 Å². The number of imide groups is 1. The Morgan fingerprint density at radius 2 is 1.80 bits per heavy atom. The molecule has 2 heterocycles. The molecular weight excluding hydrogens is 446 g/mol. The van der Waals surface area contributed by atoms with Crippen LogP contribution >= 0.6 is 0 Å². The summed E-state index contributed by atoms with van der Waals surface area (Å²) in [6.07, 6.45) is 4.79. The molecular formula is C26H25N5O4. The zero-order valence-corrected chi connectivity index (χ0v) is 19.0. The zero-order chi connectivity index (χ0) is 24.2. The van der Waals surface area contributed by atoms with Gasteiger partial charge in [-0.2, -0.15) is 0 Å². The number of aromatic nitrogens is 2. The summed E-state index contributed by atoms with van der Waals surface area (Å²) in [7, 11) is 0. The second kappa shape index (κ2) is 7.97. The predicted molar refractivity (Wildman–Crippen MR) is 129 cm³/mol. The van der Waals surface area contributed by atoms with Gasteiger partial charge in [0.25, 0.3) is 5.91 Å². The van der Waals surface area contributed by atoms with Crippen LogP contribution in [0, 0.1) is 5.92 Å². The summed E-state index contributed by atoms with van der Waals surface area (Å²) >= 11 is 0. The van der Waals surface area contributed by atoms with Crippen molar-refractivity contribution in [2.24, 2.45) is 5.92 Å². The quantitative estimate of drug-likeness (QED) is 0.478. The molecule has 1 saturated heterocycles. The van der Waals surface area contributed by atoms with Gasteiger partial charge in [0.15, 0.2) is 0 Å². The summed E-state index contributed by atoms with van der Waals surface area (Å²) in [5.41, 5.74) is 3.07. The van der Waals surface area contributed by atoms with Crippen LogP contribution in [0.5, 0.6) is 0 Å². The first-order valence-electron chi connectivity index (χ1n) is 11.8. The fourth-order valence-corrected chi connectivity index (χ4v) is 5.10. The highest BCUT2D eigenvalue weighted by atomic mass is 16.2. The van der Waals surface area contributed by atoms with Crippen LogP contribution in [0.3, 0.4) is 0 Å². The van der Waals surface area contributed by atoms with Gasteiger partial charge in [0.2, 0.25) is 5.91 Å². The third kappa shape index (κ3) is 3.92. The lowest BCUT2D eigenvalue weighted by Gasteiger charge is -2.18. The smallest absolute Gasteiger partial charge is 0.325 e. The van der Waals surface area contributed by atoms with Gasteiger partial charge in [-0.1, -0.05) is 36.4 Å². The number of nitrogens with zero attached hydrogens (tertiary/aromatic N) is 2. The monoisotopic (exact) mass is 471 g/mol. The minimum Gasteiger partial charge on any atom is -0.325 e. The molecule has 1 spiro atoms. The number of benzene rings is 2. The molecule has 3 aromatic rings. The maximum Gasteiger partial charge on any atom is 0.329 e. The Morgan fingerprint density at radius 3 is 2.51 bits per heavy atom. The molecule has 3 aliphatic rings. The van der Waals surface area contributed by atoms with Gasteiger partial charge < -0.3 is 10.6 Å². The average molecular weight is 472 g/mol. The van der Waals surface area contributed by atoms with E-state index in [1.807, 2.05) is 42.5 Å². The van der Waals surface area contributed by atoms with Crippen molar-refractivity contribution in [1.29, 1.82) is 0 Å². The van der Waals surface area contributed by atoms with Crippen molar-refractivity contribution in [2.75, 3.05) is 5.32 Å². The van der Waals surface area contributed by atoms with Gasteiger partial charge in [0.1, 0.15) is 12.1 Å². The fraction of sp³-hybridized carbons (Fsp3) is 0.308. The molecule has 4 amide bonds. The summed E-state index contributed by atoms with van der Waals surface area (Å²) in [6.45, 7) is 0.560. The van der Waals surface area contributed by atoms with Crippen molar-refractivity contribution in [3.63, 3.8) is 0 Å². The van der Waals surface area contributed by atoms with E-state index in [1.165, 1.54) is 4.57 Å². The van der Waals surface area contributed by atoms with E-state index >= 15 is 0 Å². The number of hydrogen-bond acceptors (Lipinski definition) is 4. The minimum atomic E-state index is -0.951. The lowest BCUT2D eigenvalue weighted by molar-refractivity contribution is -0.123. The van der Waals surface area contributed by atoms with Crippen LogP contribution in [0.1, 0.15) is 24.0 Å². The largest absolute Gasteiger partial charge is 0.329 e. The first-order valence-corrected chi connectivity index (χ1v) is 11.8. The molecule has 6 rings (SSSR count). The van der Waals surface area contributed by atoms with Gasteiger partial charge in [0, 0.05) is 31.3 Å². The fourth-order valence-electron chi connectivity index (χ4n) is 5.10. The van der Waals surface area contributed by atoms with Gasteiger partial charge in [-0.3, -0.25) is 24.0 Å². The van der Waals surface area contributed by atoms with E-state index < -0.39 is 11.6 Å². The molecule has 35 heavy (non-hydrogen) atoms. The number of rotatable bonds is 6. The van der Waals surface area contributed by atoms with Crippen LogP contribution in [0.2, 0.25) is 0 Å². The molecule has 178 valence electrons. The van der Waals surface area contributed by atoms with Crippen LogP contribution < -0.4 is 21.6 Å². The van der Waals surface area contributed by atoms with Crippen LogP contribution in [0.25, 0.3) is 11.3 Å². The first-order chi connectivity index (χ1) is 16.9. The second-order valence-electron chi connectivity index (χ2n) is 9.72. The molecule has 0 radical (unpaired) electrons. The van der Waals surface area contributed by atoms with Crippen LogP contribution in [0.4, 0.5) is 10.5 Å². The molecule has 1 aliphatic heterocycles. The van der Waals surface area contributed by atoms with Gasteiger partial charge >= 0.3 is 11.7 Å². The van der Waals surface area contributed by atoms with Crippen molar-refractivity contribution in [1.82, 2.24) is 19.8 Å². The Balaban J connectivity index is 1.20. The van der Waals surface area contributed by atoms with Gasteiger partial charge in [-0.05, 0) is 47.6 Å². The van der Waals surface area contributed by atoms with Gasteiger partial charge in [-0.15, -0.1) is 0 Å². The summed E-state index contributed by atoms with van der Waals surface area (Å²) in [5, 5.41) is 7.91. The molecule has 1 atom stereocenters. The van der Waals surface area contributed by atoms with Crippen LogP contribution in [-0.2, 0) is 35.5 Å². The van der Waals surface area contributed by atoms with Crippen molar-refractivity contribution in [3.8, 4) is 11.3 Å². The molecule has 9 heteroatoms. The summed E-state index contributed by atoms with van der Waals surface area (Å²) < 4.78 is 3.23. The lowest BCUT2D eigenvalue weighted by atomic mass is 9.96. The number of urea groups is 1. The van der Waals surface area contributed by atoms with E-state index in [9.17, 15) is 19.2 Å². The molecule has 1 saturated carbocycles. The minimum absolute atomic E-state index is 0.101. The number of carbonyl (C=O) groups is 3. The predicted octanol–water partition coefficient (Wildman–Crippen LogP) is 2.04. The number of fused-ring (bicyclic) bond motifs is 1. The maximum absolute atomic E-state index is 13.1. The molecule has 2 aliphatic carbocycles. The number of carbonyl (C=O) groups excluding carboxylic acids is 3. The number of hydrogen-bond donors (Lipinski definition) is 3. The molecule has 2 aromatic carbocycles. The number of amides is 4. The first kappa shape index (κ1) is 21.4. The number of imidazole rings is 1. The topological polar surface area (TPSA) is 114 Å². The Bertz CT molecular complexity index is 1420. The van der Waals surface area contributed by atoms with E-state index in [4.69, 9.17) is 0 Å². The highest BCUT2D eigenvalue weighted by Gasteiger charge is 2.50. The van der Waals surface area contributed by atoms with Gasteiger partial charge in [-0.25, -0.2) is 9.59 Å². The van der Waals surface area contributed by atoms with E-state index in [-0.39, 0.29) is 24.0 Å². The average Bonchev–Trinajstić information content (AvgIpc) is 3.42. The molecule has 9 nitrogen and oxygen atoms in total. The van der Waals surface area contributed by atoms with Crippen molar-refractivity contribution in [2.45, 2.75) is 44.3 Å². The Hall–Kier alpha value is -4.14. The zero-order valence-electron chi connectivity index (χ0n) is 19.0. The van der Waals surface area contributed by atoms with E-state index in [2.05, 4.69) is 16.0 Å². The van der Waals surface area contributed by atoms with E-state index in [0.717, 1.165) is 35.2 Å². The summed E-state index contributed by atoms with van der Waals surface area (Å²) in [6, 6.07) is 14.7. The summed E-state index contributed by atoms with van der Waals surface area (Å²) in [4.78, 5) is 49.9. The molecule has 1 aromatic heterocycles. The highest BCUT2D eigenvalue weighted by Crippen LogP contribution is 2.34. The van der Waals surface area contributed by atoms with Crippen molar-refractivity contribution < 1.29 is 14.4 Å². The maximum atomic E-state index is 13.1. The van der Waals surface area contributed by atoms with Crippen LogP contribution in [-0.4, -0.2) is 32.5 Å².